The molecule has 3 nitrogen and oxygen atoms in total. The Bertz CT molecular complexity index is 191. The molecule has 0 amide bonds. The summed E-state index contributed by atoms with van der Waals surface area (Å²) in [6.45, 7) is 14.9. The summed E-state index contributed by atoms with van der Waals surface area (Å²) in [5.41, 5.74) is 5.67. The standard InChI is InChI=1S/C13H30N2O/c1-7-15(10-13(5,6)16)9-8-11(14)12(2,3)4/h11,16H,7-10,14H2,1-6H3. The van der Waals surface area contributed by atoms with E-state index in [4.69, 9.17) is 5.73 Å². The Morgan fingerprint density at radius 2 is 1.69 bits per heavy atom. The Hall–Kier alpha value is -0.120. The van der Waals surface area contributed by atoms with Crippen LogP contribution < -0.4 is 5.73 Å². The molecular weight excluding hydrogens is 200 g/mol. The van der Waals surface area contributed by atoms with Gasteiger partial charge in [0.15, 0.2) is 0 Å². The van der Waals surface area contributed by atoms with Crippen molar-refractivity contribution in [3.8, 4) is 0 Å². The van der Waals surface area contributed by atoms with Gasteiger partial charge in [0.2, 0.25) is 0 Å². The summed E-state index contributed by atoms with van der Waals surface area (Å²) in [5, 5.41) is 9.77. The Balaban J connectivity index is 4.06. The summed E-state index contributed by atoms with van der Waals surface area (Å²) in [5.74, 6) is 0. The maximum absolute atomic E-state index is 9.77. The van der Waals surface area contributed by atoms with Crippen molar-refractivity contribution in [1.82, 2.24) is 4.90 Å². The zero-order valence-electron chi connectivity index (χ0n) is 11.9. The van der Waals surface area contributed by atoms with Crippen LogP contribution in [-0.4, -0.2) is 41.3 Å². The average molecular weight is 230 g/mol. The van der Waals surface area contributed by atoms with Gasteiger partial charge in [-0.25, -0.2) is 0 Å². The fourth-order valence-corrected chi connectivity index (χ4v) is 1.65. The Morgan fingerprint density at radius 3 is 2.00 bits per heavy atom. The lowest BCUT2D eigenvalue weighted by Gasteiger charge is -2.32. The maximum Gasteiger partial charge on any atom is 0.0718 e. The van der Waals surface area contributed by atoms with Crippen LogP contribution >= 0.6 is 0 Å². The van der Waals surface area contributed by atoms with Gasteiger partial charge in [0.25, 0.3) is 0 Å². The van der Waals surface area contributed by atoms with E-state index in [0.29, 0.717) is 6.54 Å². The second kappa shape index (κ2) is 5.99. The molecule has 0 fully saturated rings. The molecule has 0 radical (unpaired) electrons. The van der Waals surface area contributed by atoms with Gasteiger partial charge in [0.1, 0.15) is 0 Å². The molecule has 0 aromatic carbocycles. The lowest BCUT2D eigenvalue weighted by molar-refractivity contribution is 0.0359. The van der Waals surface area contributed by atoms with E-state index in [1.165, 1.54) is 0 Å². The molecule has 0 spiro atoms. The zero-order valence-corrected chi connectivity index (χ0v) is 11.9. The quantitative estimate of drug-likeness (QED) is 0.732. The van der Waals surface area contributed by atoms with Crippen molar-refractivity contribution in [1.29, 1.82) is 0 Å². The first-order chi connectivity index (χ1) is 7.06. The largest absolute Gasteiger partial charge is 0.389 e. The molecule has 0 rings (SSSR count). The zero-order chi connectivity index (χ0) is 13.0. The van der Waals surface area contributed by atoms with E-state index in [0.717, 1.165) is 19.5 Å². The van der Waals surface area contributed by atoms with Crippen LogP contribution in [0.2, 0.25) is 0 Å². The monoisotopic (exact) mass is 230 g/mol. The molecule has 0 heterocycles. The Labute approximate surface area is 101 Å². The smallest absolute Gasteiger partial charge is 0.0718 e. The highest BCUT2D eigenvalue weighted by molar-refractivity contribution is 4.79. The van der Waals surface area contributed by atoms with Gasteiger partial charge in [-0.2, -0.15) is 0 Å². The van der Waals surface area contributed by atoms with Crippen LogP contribution in [0, 0.1) is 5.41 Å². The van der Waals surface area contributed by atoms with Crippen molar-refractivity contribution in [2.24, 2.45) is 11.1 Å². The maximum atomic E-state index is 9.77. The predicted molar refractivity (Wildman–Crippen MR) is 70.5 cm³/mol. The van der Waals surface area contributed by atoms with Crippen molar-refractivity contribution in [3.63, 3.8) is 0 Å². The number of nitrogens with two attached hydrogens (primary N) is 1. The van der Waals surface area contributed by atoms with Gasteiger partial charge < -0.3 is 15.7 Å². The second-order valence-electron chi connectivity index (χ2n) is 6.44. The van der Waals surface area contributed by atoms with Crippen LogP contribution in [0.15, 0.2) is 0 Å². The van der Waals surface area contributed by atoms with E-state index in [1.54, 1.807) is 0 Å². The highest BCUT2D eigenvalue weighted by atomic mass is 16.3. The normalized spacial score (nSPS) is 15.6. The first kappa shape index (κ1) is 15.9. The van der Waals surface area contributed by atoms with Gasteiger partial charge in [-0.05, 0) is 38.8 Å². The number of nitrogens with zero attached hydrogens (tertiary/aromatic N) is 1. The van der Waals surface area contributed by atoms with Crippen molar-refractivity contribution in [2.75, 3.05) is 19.6 Å². The lowest BCUT2D eigenvalue weighted by Crippen LogP contribution is -2.43. The first-order valence-corrected chi connectivity index (χ1v) is 6.26. The molecule has 0 aliphatic rings. The van der Waals surface area contributed by atoms with Crippen molar-refractivity contribution in [2.45, 2.75) is 59.6 Å². The van der Waals surface area contributed by atoms with E-state index in [9.17, 15) is 5.11 Å². The van der Waals surface area contributed by atoms with Gasteiger partial charge >= 0.3 is 0 Å². The molecule has 0 aliphatic carbocycles. The molecule has 98 valence electrons. The fraction of sp³-hybridized carbons (Fsp3) is 1.00. The average Bonchev–Trinajstić information content (AvgIpc) is 2.08. The lowest BCUT2D eigenvalue weighted by atomic mass is 9.85. The van der Waals surface area contributed by atoms with Crippen LogP contribution in [0.4, 0.5) is 0 Å². The minimum Gasteiger partial charge on any atom is -0.389 e. The molecule has 3 N–H and O–H groups in total. The van der Waals surface area contributed by atoms with Crippen LogP contribution in [0.25, 0.3) is 0 Å². The molecule has 1 atom stereocenters. The molecule has 16 heavy (non-hydrogen) atoms. The molecule has 0 aromatic heterocycles. The van der Waals surface area contributed by atoms with Crippen molar-refractivity contribution in [3.05, 3.63) is 0 Å². The molecule has 0 bridgehead atoms. The summed E-state index contributed by atoms with van der Waals surface area (Å²) in [7, 11) is 0. The molecular formula is C13H30N2O. The van der Waals surface area contributed by atoms with E-state index < -0.39 is 5.60 Å². The minimum absolute atomic E-state index is 0.161. The molecule has 0 aliphatic heterocycles. The SMILES string of the molecule is CCN(CCC(N)C(C)(C)C)CC(C)(C)O. The van der Waals surface area contributed by atoms with Crippen molar-refractivity contribution >= 4 is 0 Å². The molecule has 0 aromatic rings. The van der Waals surface area contributed by atoms with E-state index in [1.807, 2.05) is 13.8 Å². The third-order valence-corrected chi connectivity index (χ3v) is 2.93. The Kier molecular flexibility index (Phi) is 5.94. The summed E-state index contributed by atoms with van der Waals surface area (Å²) in [6.07, 6.45) is 0.980. The number of aliphatic hydroxyl groups is 1. The topological polar surface area (TPSA) is 49.5 Å². The fourth-order valence-electron chi connectivity index (χ4n) is 1.65. The minimum atomic E-state index is -0.623. The number of likely N-dealkylation sites (N-methyl/N-ethyl adjacent to an activating group) is 1. The van der Waals surface area contributed by atoms with Crippen LogP contribution in [0.1, 0.15) is 48.0 Å². The van der Waals surface area contributed by atoms with Gasteiger partial charge in [-0.1, -0.05) is 27.7 Å². The van der Waals surface area contributed by atoms with Gasteiger partial charge in [-0.15, -0.1) is 0 Å². The molecule has 0 saturated heterocycles. The number of hydrogen-bond acceptors (Lipinski definition) is 3. The summed E-state index contributed by atoms with van der Waals surface area (Å²) in [4.78, 5) is 2.26. The molecule has 3 heteroatoms. The van der Waals surface area contributed by atoms with E-state index in [2.05, 4.69) is 32.6 Å². The summed E-state index contributed by atoms with van der Waals surface area (Å²) >= 11 is 0. The third-order valence-electron chi connectivity index (χ3n) is 2.93. The van der Waals surface area contributed by atoms with E-state index >= 15 is 0 Å². The van der Waals surface area contributed by atoms with Gasteiger partial charge in [0, 0.05) is 12.6 Å². The summed E-state index contributed by atoms with van der Waals surface area (Å²) in [6, 6.07) is 0.211. The second-order valence-corrected chi connectivity index (χ2v) is 6.44. The highest BCUT2D eigenvalue weighted by Gasteiger charge is 2.22. The van der Waals surface area contributed by atoms with Crippen LogP contribution in [0.5, 0.6) is 0 Å². The van der Waals surface area contributed by atoms with Gasteiger partial charge in [0.05, 0.1) is 5.60 Å². The van der Waals surface area contributed by atoms with E-state index in [-0.39, 0.29) is 11.5 Å². The van der Waals surface area contributed by atoms with Crippen molar-refractivity contribution < 1.29 is 5.11 Å². The summed E-state index contributed by atoms with van der Waals surface area (Å²) < 4.78 is 0. The van der Waals surface area contributed by atoms with Crippen LogP contribution in [0.3, 0.4) is 0 Å². The third kappa shape index (κ3) is 7.20. The number of rotatable bonds is 6. The molecule has 1 unspecified atom stereocenters. The first-order valence-electron chi connectivity index (χ1n) is 6.26. The predicted octanol–water partition coefficient (Wildman–Crippen LogP) is 1.84. The highest BCUT2D eigenvalue weighted by Crippen LogP contribution is 2.20. The van der Waals surface area contributed by atoms with Crippen LogP contribution in [-0.2, 0) is 0 Å². The van der Waals surface area contributed by atoms with Gasteiger partial charge in [-0.3, -0.25) is 0 Å². The number of hydrogen-bond donors (Lipinski definition) is 2. The Morgan fingerprint density at radius 1 is 1.19 bits per heavy atom. The molecule has 0 saturated carbocycles.